The van der Waals surface area contributed by atoms with Gasteiger partial charge in [0.25, 0.3) is 11.8 Å². The van der Waals surface area contributed by atoms with Crippen molar-refractivity contribution >= 4 is 17.4 Å². The number of halogens is 1. The average Bonchev–Trinajstić information content (AvgIpc) is 3.43. The number of imide groups is 1. The summed E-state index contributed by atoms with van der Waals surface area (Å²) < 4.78 is 18.9. The highest BCUT2D eigenvalue weighted by Gasteiger charge is 2.42. The normalized spacial score (nSPS) is 17.4. The van der Waals surface area contributed by atoms with Crippen molar-refractivity contribution in [2.24, 2.45) is 5.92 Å². The summed E-state index contributed by atoms with van der Waals surface area (Å²) in [6.45, 7) is 1.47. The minimum Gasteiger partial charge on any atom is -0.467 e. The first-order chi connectivity index (χ1) is 16.1. The number of rotatable bonds is 6. The lowest BCUT2D eigenvalue weighted by molar-refractivity contribution is -0.138. The van der Waals surface area contributed by atoms with E-state index in [0.29, 0.717) is 41.6 Å². The molecule has 0 radical (unpaired) electrons. The molecule has 2 aliphatic rings. The summed E-state index contributed by atoms with van der Waals surface area (Å²) in [4.78, 5) is 30.1. The molecule has 0 aliphatic carbocycles. The van der Waals surface area contributed by atoms with E-state index in [0.717, 1.165) is 19.3 Å². The number of carbonyl (C=O) groups excluding carboxylic acids is 2. The Labute approximate surface area is 192 Å². The molecule has 168 valence electrons. The molecule has 0 bridgehead atoms. The van der Waals surface area contributed by atoms with Crippen LogP contribution in [0.25, 0.3) is 5.57 Å². The highest BCUT2D eigenvalue weighted by atomic mass is 19.1. The molecule has 33 heavy (non-hydrogen) atoms. The number of amides is 2. The fourth-order valence-electron chi connectivity index (χ4n) is 4.74. The fourth-order valence-corrected chi connectivity index (χ4v) is 4.74. The number of nitrogens with zero attached hydrogens (tertiary/aromatic N) is 2. The van der Waals surface area contributed by atoms with Gasteiger partial charge in [-0.25, -0.2) is 4.39 Å². The molecule has 0 spiro atoms. The van der Waals surface area contributed by atoms with Crippen molar-refractivity contribution in [1.82, 2.24) is 9.80 Å². The second-order valence-electron chi connectivity index (χ2n) is 8.63. The predicted molar refractivity (Wildman–Crippen MR) is 122 cm³/mol. The molecule has 2 aliphatic heterocycles. The van der Waals surface area contributed by atoms with Gasteiger partial charge in [-0.3, -0.25) is 14.5 Å². The Bertz CT molecular complexity index is 1160. The van der Waals surface area contributed by atoms with Gasteiger partial charge in [-0.05, 0) is 60.6 Å². The zero-order valence-electron chi connectivity index (χ0n) is 18.2. The zero-order chi connectivity index (χ0) is 22.8. The molecule has 2 aromatic carbocycles. The van der Waals surface area contributed by atoms with Crippen LogP contribution in [0.1, 0.15) is 29.7 Å². The maximum Gasteiger partial charge on any atom is 0.278 e. The van der Waals surface area contributed by atoms with Crippen molar-refractivity contribution in [2.45, 2.75) is 25.8 Å². The molecule has 6 heteroatoms. The minimum atomic E-state index is -0.383. The van der Waals surface area contributed by atoms with Crippen LogP contribution in [0.5, 0.6) is 0 Å². The van der Waals surface area contributed by atoms with E-state index in [9.17, 15) is 14.0 Å². The quantitative estimate of drug-likeness (QED) is 0.519. The van der Waals surface area contributed by atoms with Crippen molar-refractivity contribution in [3.05, 3.63) is 101 Å². The van der Waals surface area contributed by atoms with Crippen LogP contribution < -0.4 is 0 Å². The highest BCUT2D eigenvalue weighted by molar-refractivity contribution is 6.35. The zero-order valence-corrected chi connectivity index (χ0v) is 18.2. The van der Waals surface area contributed by atoms with Crippen molar-refractivity contribution in [3.63, 3.8) is 0 Å². The van der Waals surface area contributed by atoms with Gasteiger partial charge in [0.1, 0.15) is 17.3 Å². The van der Waals surface area contributed by atoms with Gasteiger partial charge in [0, 0.05) is 13.1 Å². The summed E-state index contributed by atoms with van der Waals surface area (Å²) in [6, 6.07) is 19.7. The van der Waals surface area contributed by atoms with Gasteiger partial charge in [0.2, 0.25) is 0 Å². The van der Waals surface area contributed by atoms with E-state index in [1.807, 2.05) is 11.0 Å². The standard InChI is InChI=1S/C27H25FN2O3/c28-22-10-8-21(9-11-22)24-25(27(32)30(26(24)31)18-23-7-4-16-33-23)29-14-12-20(13-15-29)17-19-5-2-1-3-6-19/h1-11,16,20H,12-15,17-18H2. The fraction of sp³-hybridized carbons (Fsp3) is 0.259. The Hall–Kier alpha value is -3.67. The smallest absolute Gasteiger partial charge is 0.278 e. The van der Waals surface area contributed by atoms with Crippen molar-refractivity contribution in [1.29, 1.82) is 0 Å². The van der Waals surface area contributed by atoms with Gasteiger partial charge in [-0.15, -0.1) is 0 Å². The van der Waals surface area contributed by atoms with Crippen LogP contribution in [0.3, 0.4) is 0 Å². The molecule has 2 amide bonds. The van der Waals surface area contributed by atoms with Crippen molar-refractivity contribution in [3.8, 4) is 0 Å². The second kappa shape index (κ2) is 9.06. The van der Waals surface area contributed by atoms with Crippen molar-refractivity contribution in [2.75, 3.05) is 13.1 Å². The van der Waals surface area contributed by atoms with E-state index < -0.39 is 0 Å². The third-order valence-corrected chi connectivity index (χ3v) is 6.47. The highest BCUT2D eigenvalue weighted by Crippen LogP contribution is 2.35. The van der Waals surface area contributed by atoms with E-state index in [-0.39, 0.29) is 24.2 Å². The molecule has 0 atom stereocenters. The van der Waals surface area contributed by atoms with Crippen LogP contribution >= 0.6 is 0 Å². The summed E-state index contributed by atoms with van der Waals surface area (Å²) in [5.41, 5.74) is 2.63. The first-order valence-corrected chi connectivity index (χ1v) is 11.3. The number of likely N-dealkylation sites (tertiary alicyclic amines) is 1. The first kappa shape index (κ1) is 21.2. The number of hydrogen-bond donors (Lipinski definition) is 0. The number of piperidine rings is 1. The predicted octanol–water partition coefficient (Wildman–Crippen LogP) is 4.65. The number of furan rings is 1. The summed E-state index contributed by atoms with van der Waals surface area (Å²) in [5.74, 6) is -0.00332. The van der Waals surface area contributed by atoms with E-state index in [2.05, 4.69) is 24.3 Å². The Kier molecular flexibility index (Phi) is 5.82. The third kappa shape index (κ3) is 4.33. The molecule has 5 nitrogen and oxygen atoms in total. The lowest BCUT2D eigenvalue weighted by Gasteiger charge is -2.34. The molecule has 0 saturated carbocycles. The van der Waals surface area contributed by atoms with E-state index in [4.69, 9.17) is 4.42 Å². The van der Waals surface area contributed by atoms with Gasteiger partial charge in [-0.1, -0.05) is 42.5 Å². The molecule has 0 N–H and O–H groups in total. The van der Waals surface area contributed by atoms with Crippen molar-refractivity contribution < 1.29 is 18.4 Å². The monoisotopic (exact) mass is 444 g/mol. The summed E-state index contributed by atoms with van der Waals surface area (Å²) in [6.07, 6.45) is 4.41. The first-order valence-electron chi connectivity index (χ1n) is 11.3. The van der Waals surface area contributed by atoms with E-state index >= 15 is 0 Å². The molecular weight excluding hydrogens is 419 g/mol. The lowest BCUT2D eigenvalue weighted by atomic mass is 9.89. The van der Waals surface area contributed by atoms with Gasteiger partial charge >= 0.3 is 0 Å². The molecule has 3 heterocycles. The molecule has 5 rings (SSSR count). The Morgan fingerprint density at radius 3 is 2.27 bits per heavy atom. The van der Waals surface area contributed by atoms with Gasteiger partial charge in [0.05, 0.1) is 18.4 Å². The topological polar surface area (TPSA) is 53.8 Å². The van der Waals surface area contributed by atoms with Crippen LogP contribution in [-0.2, 0) is 22.6 Å². The maximum atomic E-state index is 13.5. The van der Waals surface area contributed by atoms with E-state index in [1.165, 1.54) is 28.9 Å². The Morgan fingerprint density at radius 1 is 0.879 bits per heavy atom. The summed E-state index contributed by atoms with van der Waals surface area (Å²) in [7, 11) is 0. The largest absolute Gasteiger partial charge is 0.467 e. The van der Waals surface area contributed by atoms with Crippen LogP contribution in [0.15, 0.2) is 83.1 Å². The Balaban J connectivity index is 1.40. The Morgan fingerprint density at radius 2 is 1.61 bits per heavy atom. The molecule has 1 fully saturated rings. The lowest BCUT2D eigenvalue weighted by Crippen LogP contribution is -2.38. The SMILES string of the molecule is O=C1C(c2ccc(F)cc2)=C(N2CCC(Cc3ccccc3)CC2)C(=O)N1Cc1ccco1. The summed E-state index contributed by atoms with van der Waals surface area (Å²) >= 11 is 0. The second-order valence-corrected chi connectivity index (χ2v) is 8.63. The maximum absolute atomic E-state index is 13.5. The summed E-state index contributed by atoms with van der Waals surface area (Å²) in [5, 5.41) is 0. The molecule has 1 saturated heterocycles. The number of carbonyl (C=O) groups is 2. The van der Waals surface area contributed by atoms with E-state index in [1.54, 1.807) is 24.3 Å². The molecule has 3 aromatic rings. The number of hydrogen-bond acceptors (Lipinski definition) is 4. The van der Waals surface area contributed by atoms with Gasteiger partial charge in [-0.2, -0.15) is 0 Å². The number of benzene rings is 2. The van der Waals surface area contributed by atoms with Crippen LogP contribution in [-0.4, -0.2) is 34.7 Å². The molecule has 0 unspecified atom stereocenters. The van der Waals surface area contributed by atoms with Crippen LogP contribution in [0.2, 0.25) is 0 Å². The minimum absolute atomic E-state index is 0.0728. The van der Waals surface area contributed by atoms with Gasteiger partial charge < -0.3 is 9.32 Å². The van der Waals surface area contributed by atoms with Crippen LogP contribution in [0.4, 0.5) is 4.39 Å². The molecular formula is C27H25FN2O3. The van der Waals surface area contributed by atoms with Gasteiger partial charge in [0.15, 0.2) is 0 Å². The molecule has 1 aromatic heterocycles. The average molecular weight is 445 g/mol. The van der Waals surface area contributed by atoms with Crippen LogP contribution in [0, 0.1) is 11.7 Å². The third-order valence-electron chi connectivity index (χ3n) is 6.47.